The fraction of sp³-hybridized carbons (Fsp3) is 0.611. The minimum absolute atomic E-state index is 0. The minimum atomic E-state index is -3.13. The zero-order chi connectivity index (χ0) is 19.2. The second-order valence-corrected chi connectivity index (χ2v) is 9.08. The van der Waals surface area contributed by atoms with Crippen LogP contribution in [0, 0.1) is 5.82 Å². The average Bonchev–Trinajstić information content (AvgIpc) is 3.42. The molecule has 0 aliphatic heterocycles. The highest BCUT2D eigenvalue weighted by Crippen LogP contribution is 2.47. The molecule has 1 aromatic rings. The van der Waals surface area contributed by atoms with Crippen molar-refractivity contribution in [2.45, 2.75) is 31.6 Å². The van der Waals surface area contributed by atoms with E-state index in [-0.39, 0.29) is 41.0 Å². The first kappa shape index (κ1) is 24.1. The molecule has 0 unspecified atom stereocenters. The summed E-state index contributed by atoms with van der Waals surface area (Å²) < 4.78 is 38.3. The predicted molar refractivity (Wildman–Crippen MR) is 119 cm³/mol. The van der Waals surface area contributed by atoms with Gasteiger partial charge in [0.05, 0.1) is 5.75 Å². The Morgan fingerprint density at radius 1 is 1.33 bits per heavy atom. The number of hydrogen-bond acceptors (Lipinski definition) is 3. The zero-order valence-electron chi connectivity index (χ0n) is 16.2. The molecule has 2 N–H and O–H groups in total. The van der Waals surface area contributed by atoms with Crippen molar-refractivity contribution >= 4 is 40.0 Å². The van der Waals surface area contributed by atoms with Gasteiger partial charge in [0.2, 0.25) is 10.0 Å². The average molecular weight is 512 g/mol. The number of hydrogen-bond donors (Lipinski definition) is 2. The molecule has 1 saturated carbocycles. The van der Waals surface area contributed by atoms with Crippen molar-refractivity contribution in [3.63, 3.8) is 0 Å². The maximum Gasteiger partial charge on any atom is 0.213 e. The molecule has 27 heavy (non-hydrogen) atoms. The van der Waals surface area contributed by atoms with Gasteiger partial charge in [-0.2, -0.15) is 0 Å². The Bertz CT molecular complexity index is 739. The smallest absolute Gasteiger partial charge is 0.213 e. The second kappa shape index (κ2) is 10.6. The molecule has 0 spiro atoms. The Kier molecular flexibility index (Phi) is 9.43. The molecule has 0 amide bonds. The molecule has 1 aromatic carbocycles. The largest absolute Gasteiger partial charge is 0.356 e. The van der Waals surface area contributed by atoms with Crippen LogP contribution >= 0.6 is 24.0 Å². The lowest BCUT2D eigenvalue weighted by atomic mass is 9.96. The van der Waals surface area contributed by atoms with E-state index in [1.807, 2.05) is 6.07 Å². The number of rotatable bonds is 9. The van der Waals surface area contributed by atoms with Crippen LogP contribution in [0.1, 0.15) is 31.7 Å². The number of benzene rings is 1. The molecule has 1 aliphatic rings. The molecule has 0 radical (unpaired) electrons. The van der Waals surface area contributed by atoms with Crippen LogP contribution in [0.2, 0.25) is 0 Å². The first-order chi connectivity index (χ1) is 12.3. The van der Waals surface area contributed by atoms with Crippen LogP contribution < -0.4 is 10.6 Å². The Morgan fingerprint density at radius 3 is 2.59 bits per heavy atom. The molecule has 1 aliphatic carbocycles. The summed E-state index contributed by atoms with van der Waals surface area (Å²) in [6.07, 6.45) is 2.74. The SMILES string of the molecule is CCS(=O)(=O)N(C)CCCNC(=NC)NCC1(c2cccc(F)c2)CC1.I. The predicted octanol–water partition coefficient (Wildman–Crippen LogP) is 2.31. The van der Waals surface area contributed by atoms with E-state index in [4.69, 9.17) is 0 Å². The van der Waals surface area contributed by atoms with Crippen LogP contribution in [0.5, 0.6) is 0 Å². The van der Waals surface area contributed by atoms with Crippen molar-refractivity contribution in [3.8, 4) is 0 Å². The molecule has 0 heterocycles. The summed E-state index contributed by atoms with van der Waals surface area (Å²) in [5.41, 5.74) is 1.00. The van der Waals surface area contributed by atoms with Gasteiger partial charge in [0.1, 0.15) is 5.82 Å². The molecule has 9 heteroatoms. The van der Waals surface area contributed by atoms with Gasteiger partial charge in [0.15, 0.2) is 5.96 Å². The molecular formula is C18H30FIN4O2S. The fourth-order valence-electron chi connectivity index (χ4n) is 2.88. The van der Waals surface area contributed by atoms with Crippen LogP contribution in [-0.2, 0) is 15.4 Å². The van der Waals surface area contributed by atoms with Crippen LogP contribution in [0.25, 0.3) is 0 Å². The molecule has 0 saturated heterocycles. The van der Waals surface area contributed by atoms with Gasteiger partial charge in [-0.25, -0.2) is 17.1 Å². The van der Waals surface area contributed by atoms with Gasteiger partial charge in [-0.3, -0.25) is 4.99 Å². The molecule has 154 valence electrons. The van der Waals surface area contributed by atoms with Crippen molar-refractivity contribution < 1.29 is 12.8 Å². The zero-order valence-corrected chi connectivity index (χ0v) is 19.3. The van der Waals surface area contributed by atoms with Crippen LogP contribution in [0.15, 0.2) is 29.3 Å². The van der Waals surface area contributed by atoms with Crippen molar-refractivity contribution in [1.82, 2.24) is 14.9 Å². The minimum Gasteiger partial charge on any atom is -0.356 e. The van der Waals surface area contributed by atoms with Crippen LogP contribution in [0.4, 0.5) is 4.39 Å². The summed E-state index contributed by atoms with van der Waals surface area (Å²) in [7, 11) is 0.167. The number of nitrogens with one attached hydrogen (secondary N) is 2. The molecule has 0 aromatic heterocycles. The standard InChI is InChI=1S/C18H29FN4O2S.HI/c1-4-26(24,25)23(3)12-6-11-21-17(20-2)22-14-18(9-10-18)15-7-5-8-16(19)13-15;/h5,7-8,13H,4,6,9-12,14H2,1-3H3,(H2,20,21,22);1H. The van der Waals surface area contributed by atoms with Crippen molar-refractivity contribution in [2.24, 2.45) is 4.99 Å². The van der Waals surface area contributed by atoms with E-state index in [2.05, 4.69) is 15.6 Å². The van der Waals surface area contributed by atoms with Gasteiger partial charge in [-0.1, -0.05) is 12.1 Å². The van der Waals surface area contributed by atoms with E-state index >= 15 is 0 Å². The molecule has 6 nitrogen and oxygen atoms in total. The summed E-state index contributed by atoms with van der Waals surface area (Å²) in [5.74, 6) is 0.582. The van der Waals surface area contributed by atoms with Gasteiger partial charge in [-0.05, 0) is 43.9 Å². The van der Waals surface area contributed by atoms with E-state index in [0.29, 0.717) is 32.0 Å². The maximum absolute atomic E-state index is 13.5. The van der Waals surface area contributed by atoms with Crippen molar-refractivity contribution in [1.29, 1.82) is 0 Å². The van der Waals surface area contributed by atoms with E-state index in [1.54, 1.807) is 33.2 Å². The third kappa shape index (κ3) is 6.86. The summed E-state index contributed by atoms with van der Waals surface area (Å²) >= 11 is 0. The third-order valence-corrected chi connectivity index (χ3v) is 6.75. The number of aliphatic imine (C=N–C) groups is 1. The lowest BCUT2D eigenvalue weighted by molar-refractivity contribution is 0.461. The lowest BCUT2D eigenvalue weighted by Gasteiger charge is -2.20. The number of halogens is 2. The van der Waals surface area contributed by atoms with E-state index < -0.39 is 10.0 Å². The van der Waals surface area contributed by atoms with Gasteiger partial charge in [0, 0.05) is 39.1 Å². The van der Waals surface area contributed by atoms with Crippen molar-refractivity contribution in [2.75, 3.05) is 39.5 Å². The van der Waals surface area contributed by atoms with E-state index in [0.717, 1.165) is 18.4 Å². The molecule has 0 bridgehead atoms. The number of guanidine groups is 1. The first-order valence-electron chi connectivity index (χ1n) is 8.97. The van der Waals surface area contributed by atoms with E-state index in [9.17, 15) is 12.8 Å². The fourth-order valence-corrected chi connectivity index (χ4v) is 3.73. The summed E-state index contributed by atoms with van der Waals surface area (Å²) in [6.45, 7) is 3.42. The topological polar surface area (TPSA) is 73.8 Å². The Morgan fingerprint density at radius 2 is 2.04 bits per heavy atom. The van der Waals surface area contributed by atoms with Gasteiger partial charge < -0.3 is 10.6 Å². The van der Waals surface area contributed by atoms with Gasteiger partial charge in [0.25, 0.3) is 0 Å². The van der Waals surface area contributed by atoms with Gasteiger partial charge in [-0.15, -0.1) is 24.0 Å². The van der Waals surface area contributed by atoms with Crippen LogP contribution in [-0.4, -0.2) is 58.2 Å². The molecule has 0 atom stereocenters. The van der Waals surface area contributed by atoms with Gasteiger partial charge >= 0.3 is 0 Å². The second-order valence-electron chi connectivity index (χ2n) is 6.72. The normalized spacial score (nSPS) is 16.0. The Hall–Kier alpha value is -0.940. The molecular weight excluding hydrogens is 482 g/mol. The highest BCUT2D eigenvalue weighted by molar-refractivity contribution is 14.0. The maximum atomic E-state index is 13.5. The highest BCUT2D eigenvalue weighted by atomic mass is 127. The highest BCUT2D eigenvalue weighted by Gasteiger charge is 2.44. The summed E-state index contributed by atoms with van der Waals surface area (Å²) in [5, 5.41) is 6.51. The monoisotopic (exact) mass is 512 g/mol. The number of nitrogens with zero attached hydrogens (tertiary/aromatic N) is 2. The quantitative estimate of drug-likeness (QED) is 0.231. The summed E-state index contributed by atoms with van der Waals surface area (Å²) in [6, 6.07) is 6.79. The van der Waals surface area contributed by atoms with Crippen molar-refractivity contribution in [3.05, 3.63) is 35.6 Å². The molecule has 1 fully saturated rings. The third-order valence-electron chi connectivity index (χ3n) is 4.89. The Labute approximate surface area is 179 Å². The number of sulfonamides is 1. The van der Waals surface area contributed by atoms with E-state index in [1.165, 1.54) is 10.4 Å². The van der Waals surface area contributed by atoms with Crippen LogP contribution in [0.3, 0.4) is 0 Å². The lowest BCUT2D eigenvalue weighted by Crippen LogP contribution is -2.42. The molecule has 2 rings (SSSR count). The first-order valence-corrected chi connectivity index (χ1v) is 10.6. The summed E-state index contributed by atoms with van der Waals surface area (Å²) in [4.78, 5) is 4.20. The Balaban J connectivity index is 0.00000364.